The Balaban J connectivity index is 2.20. The molecule has 0 aliphatic carbocycles. The van der Waals surface area contributed by atoms with Crippen molar-refractivity contribution in [1.29, 1.82) is 0 Å². The van der Waals surface area contributed by atoms with Crippen molar-refractivity contribution in [3.63, 3.8) is 0 Å². The van der Waals surface area contributed by atoms with E-state index in [2.05, 4.69) is 0 Å². The molecule has 17 heavy (non-hydrogen) atoms. The number of carbonyl (C=O) groups excluding carboxylic acids is 1. The van der Waals surface area contributed by atoms with Crippen LogP contribution in [0.25, 0.3) is 0 Å². The van der Waals surface area contributed by atoms with E-state index in [4.69, 9.17) is 9.47 Å². The van der Waals surface area contributed by atoms with Crippen LogP contribution in [0.4, 0.5) is 0 Å². The summed E-state index contributed by atoms with van der Waals surface area (Å²) < 4.78 is 10.5. The van der Waals surface area contributed by atoms with Crippen molar-refractivity contribution in [2.75, 3.05) is 20.4 Å². The van der Waals surface area contributed by atoms with Gasteiger partial charge in [0.05, 0.1) is 6.04 Å². The lowest BCUT2D eigenvalue weighted by atomic mass is 10.0. The number of hydrogen-bond acceptors (Lipinski definition) is 4. The first-order valence-corrected chi connectivity index (χ1v) is 5.77. The fourth-order valence-electron chi connectivity index (χ4n) is 1.77. The Morgan fingerprint density at radius 3 is 2.82 bits per heavy atom. The SMILES string of the molecule is CCN(C)C(C)C(=O)c1ccc2c(c1)OCO2. The Labute approximate surface area is 101 Å². The molecular weight excluding hydrogens is 218 g/mol. The van der Waals surface area contributed by atoms with Crippen LogP contribution in [0.5, 0.6) is 11.5 Å². The van der Waals surface area contributed by atoms with E-state index in [-0.39, 0.29) is 18.6 Å². The highest BCUT2D eigenvalue weighted by Gasteiger charge is 2.21. The number of ketones is 1. The molecule has 0 fully saturated rings. The first kappa shape index (κ1) is 11.9. The van der Waals surface area contributed by atoms with Gasteiger partial charge in [-0.2, -0.15) is 0 Å². The van der Waals surface area contributed by atoms with Crippen LogP contribution in [-0.2, 0) is 0 Å². The van der Waals surface area contributed by atoms with Crippen LogP contribution in [0.1, 0.15) is 24.2 Å². The average molecular weight is 235 g/mol. The minimum absolute atomic E-state index is 0.104. The lowest BCUT2D eigenvalue weighted by Crippen LogP contribution is -2.35. The molecule has 2 rings (SSSR count). The summed E-state index contributed by atoms with van der Waals surface area (Å²) in [4.78, 5) is 14.2. The summed E-state index contributed by atoms with van der Waals surface area (Å²) >= 11 is 0. The van der Waals surface area contributed by atoms with Crippen molar-refractivity contribution in [2.45, 2.75) is 19.9 Å². The minimum Gasteiger partial charge on any atom is -0.454 e. The molecule has 0 spiro atoms. The highest BCUT2D eigenvalue weighted by Crippen LogP contribution is 2.32. The number of ether oxygens (including phenoxy) is 2. The fraction of sp³-hybridized carbons (Fsp3) is 0.462. The molecule has 0 saturated carbocycles. The van der Waals surface area contributed by atoms with Crippen molar-refractivity contribution in [3.05, 3.63) is 23.8 Å². The summed E-state index contributed by atoms with van der Waals surface area (Å²) in [5, 5.41) is 0. The van der Waals surface area contributed by atoms with Crippen LogP contribution in [0.2, 0.25) is 0 Å². The minimum atomic E-state index is -0.125. The summed E-state index contributed by atoms with van der Waals surface area (Å²) in [5.74, 6) is 1.47. The van der Waals surface area contributed by atoms with Gasteiger partial charge in [-0.25, -0.2) is 0 Å². The largest absolute Gasteiger partial charge is 0.454 e. The van der Waals surface area contributed by atoms with E-state index < -0.39 is 0 Å². The van der Waals surface area contributed by atoms with Gasteiger partial charge in [-0.15, -0.1) is 0 Å². The van der Waals surface area contributed by atoms with Crippen molar-refractivity contribution in [2.24, 2.45) is 0 Å². The quantitative estimate of drug-likeness (QED) is 0.748. The van der Waals surface area contributed by atoms with Crippen LogP contribution in [0.3, 0.4) is 0 Å². The maximum atomic E-state index is 12.2. The molecule has 0 aromatic heterocycles. The van der Waals surface area contributed by atoms with Gasteiger partial charge >= 0.3 is 0 Å². The van der Waals surface area contributed by atoms with E-state index in [1.54, 1.807) is 18.2 Å². The number of likely N-dealkylation sites (N-methyl/N-ethyl adjacent to an activating group) is 1. The summed E-state index contributed by atoms with van der Waals surface area (Å²) in [7, 11) is 1.94. The fourth-order valence-corrected chi connectivity index (χ4v) is 1.77. The molecule has 92 valence electrons. The van der Waals surface area contributed by atoms with E-state index in [1.165, 1.54) is 0 Å². The maximum Gasteiger partial charge on any atom is 0.231 e. The zero-order valence-electron chi connectivity index (χ0n) is 10.4. The lowest BCUT2D eigenvalue weighted by Gasteiger charge is -2.21. The smallest absolute Gasteiger partial charge is 0.231 e. The molecule has 0 bridgehead atoms. The third kappa shape index (κ3) is 2.26. The van der Waals surface area contributed by atoms with Gasteiger partial charge in [-0.1, -0.05) is 6.92 Å². The number of nitrogens with zero attached hydrogens (tertiary/aromatic N) is 1. The number of hydrogen-bond donors (Lipinski definition) is 0. The topological polar surface area (TPSA) is 38.8 Å². The van der Waals surface area contributed by atoms with Gasteiger partial charge in [0.15, 0.2) is 17.3 Å². The average Bonchev–Trinajstić information content (AvgIpc) is 2.83. The van der Waals surface area contributed by atoms with Crippen LogP contribution in [0.15, 0.2) is 18.2 Å². The second kappa shape index (κ2) is 4.75. The lowest BCUT2D eigenvalue weighted by molar-refractivity contribution is 0.0873. The first-order valence-electron chi connectivity index (χ1n) is 5.77. The summed E-state index contributed by atoms with van der Waals surface area (Å²) in [5.41, 5.74) is 0.669. The molecule has 4 nitrogen and oxygen atoms in total. The third-order valence-electron chi connectivity index (χ3n) is 3.20. The van der Waals surface area contributed by atoms with Gasteiger partial charge < -0.3 is 9.47 Å². The van der Waals surface area contributed by atoms with Crippen molar-refractivity contribution < 1.29 is 14.3 Å². The Hall–Kier alpha value is -1.55. The Morgan fingerprint density at radius 2 is 2.12 bits per heavy atom. The summed E-state index contributed by atoms with van der Waals surface area (Å²) in [6.07, 6.45) is 0. The number of rotatable bonds is 4. The Kier molecular flexibility index (Phi) is 3.33. The maximum absolute atomic E-state index is 12.2. The molecule has 1 aromatic rings. The van der Waals surface area contributed by atoms with E-state index in [0.29, 0.717) is 17.1 Å². The standard InChI is InChI=1S/C13H17NO3/c1-4-14(3)9(2)13(15)10-5-6-11-12(7-10)17-8-16-11/h5-7,9H,4,8H2,1-3H3. The molecule has 1 unspecified atom stereocenters. The molecule has 0 amide bonds. The molecule has 0 N–H and O–H groups in total. The van der Waals surface area contributed by atoms with Gasteiger partial charge in [-0.05, 0) is 38.7 Å². The zero-order chi connectivity index (χ0) is 12.4. The molecule has 1 aliphatic heterocycles. The highest BCUT2D eigenvalue weighted by atomic mass is 16.7. The summed E-state index contributed by atoms with van der Waals surface area (Å²) in [6, 6.07) is 5.20. The molecule has 0 radical (unpaired) electrons. The first-order chi connectivity index (χ1) is 8.13. The molecular formula is C13H17NO3. The van der Waals surface area contributed by atoms with Crippen molar-refractivity contribution >= 4 is 5.78 Å². The molecule has 4 heteroatoms. The predicted octanol–water partition coefficient (Wildman–Crippen LogP) is 1.94. The third-order valence-corrected chi connectivity index (χ3v) is 3.20. The van der Waals surface area contributed by atoms with Gasteiger partial charge in [-0.3, -0.25) is 9.69 Å². The zero-order valence-corrected chi connectivity index (χ0v) is 10.4. The Morgan fingerprint density at radius 1 is 1.41 bits per heavy atom. The van der Waals surface area contributed by atoms with E-state index >= 15 is 0 Å². The summed E-state index contributed by atoms with van der Waals surface area (Å²) in [6.45, 7) is 5.02. The molecule has 0 saturated heterocycles. The molecule has 1 aromatic carbocycles. The normalized spacial score (nSPS) is 15.1. The monoisotopic (exact) mass is 235 g/mol. The number of carbonyl (C=O) groups is 1. The van der Waals surface area contributed by atoms with Gasteiger partial charge in [0.2, 0.25) is 6.79 Å². The van der Waals surface area contributed by atoms with Crippen molar-refractivity contribution in [1.82, 2.24) is 4.90 Å². The molecule has 1 heterocycles. The highest BCUT2D eigenvalue weighted by molar-refractivity contribution is 6.00. The van der Waals surface area contributed by atoms with Crippen LogP contribution < -0.4 is 9.47 Å². The molecule has 1 aliphatic rings. The van der Waals surface area contributed by atoms with Gasteiger partial charge in [0.1, 0.15) is 0 Å². The van der Waals surface area contributed by atoms with Crippen LogP contribution in [0, 0.1) is 0 Å². The molecule has 1 atom stereocenters. The second-order valence-corrected chi connectivity index (χ2v) is 4.18. The Bertz CT molecular complexity index is 431. The van der Waals surface area contributed by atoms with E-state index in [1.807, 2.05) is 25.8 Å². The number of Topliss-reactive ketones (excluding diaryl/α,β-unsaturated/α-hetero) is 1. The number of fused-ring (bicyclic) bond motifs is 1. The van der Waals surface area contributed by atoms with E-state index in [0.717, 1.165) is 6.54 Å². The number of benzene rings is 1. The second-order valence-electron chi connectivity index (χ2n) is 4.18. The van der Waals surface area contributed by atoms with E-state index in [9.17, 15) is 4.79 Å². The van der Waals surface area contributed by atoms with Gasteiger partial charge in [0, 0.05) is 5.56 Å². The van der Waals surface area contributed by atoms with Crippen molar-refractivity contribution in [3.8, 4) is 11.5 Å². The van der Waals surface area contributed by atoms with Gasteiger partial charge in [0.25, 0.3) is 0 Å². The van der Waals surface area contributed by atoms with Crippen LogP contribution in [-0.4, -0.2) is 37.1 Å². The predicted molar refractivity (Wildman–Crippen MR) is 64.7 cm³/mol. The van der Waals surface area contributed by atoms with Crippen LogP contribution >= 0.6 is 0 Å².